The third-order valence-corrected chi connectivity index (χ3v) is 3.96. The highest BCUT2D eigenvalue weighted by Crippen LogP contribution is 2.28. The molecule has 132 valence electrons. The van der Waals surface area contributed by atoms with Crippen molar-refractivity contribution in [2.45, 2.75) is 19.4 Å². The standard InChI is InChI=1S/C16H22F2N4O2/c1-4-13(24-11-23)9-20(2)12-7-14(17)16(15(18)8-12)22-6-5-21(3)19-10-22/h7-8,10-11,13H,4-6,9H2,1-3H3. The minimum Gasteiger partial charge on any atom is -0.463 e. The average molecular weight is 340 g/mol. The Hall–Kier alpha value is -2.38. The second-order valence-electron chi connectivity index (χ2n) is 5.71. The second-order valence-corrected chi connectivity index (χ2v) is 5.71. The van der Waals surface area contributed by atoms with Gasteiger partial charge in [-0.3, -0.25) is 9.80 Å². The summed E-state index contributed by atoms with van der Waals surface area (Å²) in [5.74, 6) is -1.31. The third-order valence-electron chi connectivity index (χ3n) is 3.96. The van der Waals surface area contributed by atoms with E-state index in [9.17, 15) is 13.6 Å². The first kappa shape index (κ1) is 18.0. The van der Waals surface area contributed by atoms with Crippen molar-refractivity contribution in [1.29, 1.82) is 0 Å². The zero-order chi connectivity index (χ0) is 17.7. The Morgan fingerprint density at radius 3 is 2.54 bits per heavy atom. The molecular weight excluding hydrogens is 318 g/mol. The molecule has 0 spiro atoms. The van der Waals surface area contributed by atoms with E-state index in [0.29, 0.717) is 38.2 Å². The molecule has 1 heterocycles. The minimum absolute atomic E-state index is 0.111. The Balaban J connectivity index is 2.19. The summed E-state index contributed by atoms with van der Waals surface area (Å²) >= 11 is 0. The van der Waals surface area contributed by atoms with Crippen molar-refractivity contribution >= 4 is 24.2 Å². The highest BCUT2D eigenvalue weighted by atomic mass is 19.1. The van der Waals surface area contributed by atoms with Gasteiger partial charge in [-0.05, 0) is 18.6 Å². The number of hydrazone groups is 1. The molecule has 1 atom stereocenters. The molecule has 1 aromatic rings. The summed E-state index contributed by atoms with van der Waals surface area (Å²) in [6.07, 6.45) is 1.70. The lowest BCUT2D eigenvalue weighted by molar-refractivity contribution is -0.133. The van der Waals surface area contributed by atoms with E-state index < -0.39 is 11.6 Å². The Morgan fingerprint density at radius 2 is 2.04 bits per heavy atom. The van der Waals surface area contributed by atoms with Crippen LogP contribution in [0.1, 0.15) is 13.3 Å². The summed E-state index contributed by atoms with van der Waals surface area (Å²) in [5.41, 5.74) is 0.271. The summed E-state index contributed by atoms with van der Waals surface area (Å²) in [5, 5.41) is 5.74. The van der Waals surface area contributed by atoms with Crippen molar-refractivity contribution in [3.8, 4) is 0 Å². The number of likely N-dealkylation sites (N-methyl/N-ethyl adjacent to an activating group) is 2. The summed E-state index contributed by atoms with van der Waals surface area (Å²) in [6, 6.07) is 2.55. The van der Waals surface area contributed by atoms with Gasteiger partial charge in [0.15, 0.2) is 11.6 Å². The zero-order valence-corrected chi connectivity index (χ0v) is 14.1. The number of anilines is 2. The van der Waals surface area contributed by atoms with E-state index in [1.54, 1.807) is 24.0 Å². The van der Waals surface area contributed by atoms with Crippen molar-refractivity contribution in [2.24, 2.45) is 5.10 Å². The van der Waals surface area contributed by atoms with Gasteiger partial charge in [0.2, 0.25) is 0 Å². The predicted octanol–water partition coefficient (Wildman–Crippen LogP) is 2.05. The fourth-order valence-electron chi connectivity index (χ4n) is 2.49. The molecule has 2 rings (SSSR count). The van der Waals surface area contributed by atoms with Gasteiger partial charge < -0.3 is 14.5 Å². The first-order chi connectivity index (χ1) is 11.5. The molecule has 0 bridgehead atoms. The first-order valence-corrected chi connectivity index (χ1v) is 7.77. The maximum Gasteiger partial charge on any atom is 0.293 e. The quantitative estimate of drug-likeness (QED) is 0.711. The monoisotopic (exact) mass is 340 g/mol. The maximum absolute atomic E-state index is 14.4. The normalized spacial score (nSPS) is 15.4. The molecule has 0 aromatic heterocycles. The van der Waals surface area contributed by atoms with Gasteiger partial charge in [-0.25, -0.2) is 8.78 Å². The number of halogens is 2. The van der Waals surface area contributed by atoms with Gasteiger partial charge in [-0.2, -0.15) is 5.10 Å². The van der Waals surface area contributed by atoms with E-state index >= 15 is 0 Å². The molecule has 0 saturated carbocycles. The molecule has 0 aliphatic carbocycles. The van der Waals surface area contributed by atoms with Crippen LogP contribution in [0.2, 0.25) is 0 Å². The van der Waals surface area contributed by atoms with Crippen molar-refractivity contribution in [3.05, 3.63) is 23.8 Å². The highest BCUT2D eigenvalue weighted by molar-refractivity contribution is 5.80. The lowest BCUT2D eigenvalue weighted by Gasteiger charge is -2.29. The van der Waals surface area contributed by atoms with Crippen molar-refractivity contribution < 1.29 is 18.3 Å². The van der Waals surface area contributed by atoms with Gasteiger partial charge in [-0.1, -0.05) is 6.92 Å². The molecule has 1 aromatic carbocycles. The average Bonchev–Trinajstić information content (AvgIpc) is 2.55. The number of carbonyl (C=O) groups is 1. The van der Waals surface area contributed by atoms with Gasteiger partial charge in [0.05, 0.1) is 13.1 Å². The van der Waals surface area contributed by atoms with Crippen LogP contribution in [0.4, 0.5) is 20.2 Å². The third kappa shape index (κ3) is 4.12. The molecule has 0 fully saturated rings. The van der Waals surface area contributed by atoms with Crippen LogP contribution in [0.25, 0.3) is 0 Å². The summed E-state index contributed by atoms with van der Waals surface area (Å²) < 4.78 is 33.8. The summed E-state index contributed by atoms with van der Waals surface area (Å²) in [4.78, 5) is 13.6. The fourth-order valence-corrected chi connectivity index (χ4v) is 2.49. The van der Waals surface area contributed by atoms with E-state index in [-0.39, 0.29) is 11.8 Å². The number of hydrogen-bond acceptors (Lipinski definition) is 6. The largest absolute Gasteiger partial charge is 0.463 e. The SMILES string of the molecule is CCC(CN(C)c1cc(F)c(N2C=NN(C)CC2)c(F)c1)OC=O. The van der Waals surface area contributed by atoms with E-state index in [0.717, 1.165) is 0 Å². The summed E-state index contributed by atoms with van der Waals surface area (Å²) in [6.45, 7) is 3.65. The van der Waals surface area contributed by atoms with Gasteiger partial charge in [0, 0.05) is 26.3 Å². The van der Waals surface area contributed by atoms with Crippen molar-refractivity contribution in [1.82, 2.24) is 5.01 Å². The van der Waals surface area contributed by atoms with Crippen LogP contribution < -0.4 is 9.80 Å². The number of benzene rings is 1. The topological polar surface area (TPSA) is 48.4 Å². The molecule has 8 heteroatoms. The molecular formula is C16H22F2N4O2. The molecule has 6 nitrogen and oxygen atoms in total. The van der Waals surface area contributed by atoms with Crippen LogP contribution in [0, 0.1) is 11.6 Å². The Labute approximate surface area is 140 Å². The Morgan fingerprint density at radius 1 is 1.38 bits per heavy atom. The van der Waals surface area contributed by atoms with Crippen molar-refractivity contribution in [3.63, 3.8) is 0 Å². The lowest BCUT2D eigenvalue weighted by atomic mass is 10.2. The molecule has 0 N–H and O–H groups in total. The van der Waals surface area contributed by atoms with Crippen LogP contribution in [0.15, 0.2) is 17.2 Å². The van der Waals surface area contributed by atoms with Gasteiger partial charge in [0.25, 0.3) is 6.47 Å². The summed E-state index contributed by atoms with van der Waals surface area (Å²) in [7, 11) is 3.49. The van der Waals surface area contributed by atoms with Gasteiger partial charge in [0.1, 0.15) is 18.1 Å². The predicted molar refractivity (Wildman–Crippen MR) is 89.3 cm³/mol. The van der Waals surface area contributed by atoms with E-state index in [2.05, 4.69) is 5.10 Å². The second kappa shape index (κ2) is 7.94. The molecule has 1 aliphatic rings. The smallest absolute Gasteiger partial charge is 0.293 e. The highest BCUT2D eigenvalue weighted by Gasteiger charge is 2.21. The van der Waals surface area contributed by atoms with Crippen LogP contribution >= 0.6 is 0 Å². The number of rotatable bonds is 7. The molecule has 0 radical (unpaired) electrons. The Kier molecular flexibility index (Phi) is 5.94. The van der Waals surface area contributed by atoms with Crippen LogP contribution in [-0.4, -0.2) is 57.7 Å². The van der Waals surface area contributed by atoms with Crippen LogP contribution in [-0.2, 0) is 9.53 Å². The maximum atomic E-state index is 14.4. The lowest BCUT2D eigenvalue weighted by Crippen LogP contribution is -2.37. The van der Waals surface area contributed by atoms with Crippen LogP contribution in [0.3, 0.4) is 0 Å². The van der Waals surface area contributed by atoms with E-state index in [1.807, 2.05) is 6.92 Å². The van der Waals surface area contributed by atoms with Crippen molar-refractivity contribution in [2.75, 3.05) is 43.5 Å². The molecule has 24 heavy (non-hydrogen) atoms. The number of hydrogen-bond donors (Lipinski definition) is 0. The van der Waals surface area contributed by atoms with E-state index in [1.165, 1.54) is 23.4 Å². The molecule has 1 unspecified atom stereocenters. The molecule has 0 amide bonds. The zero-order valence-electron chi connectivity index (χ0n) is 14.1. The minimum atomic E-state index is -0.655. The molecule has 0 saturated heterocycles. The number of ether oxygens (including phenoxy) is 1. The van der Waals surface area contributed by atoms with Gasteiger partial charge >= 0.3 is 0 Å². The van der Waals surface area contributed by atoms with E-state index in [4.69, 9.17) is 4.74 Å². The van der Waals surface area contributed by atoms with Crippen LogP contribution in [0.5, 0.6) is 0 Å². The first-order valence-electron chi connectivity index (χ1n) is 7.77. The fraction of sp³-hybridized carbons (Fsp3) is 0.500. The number of carbonyl (C=O) groups excluding carboxylic acids is 1. The van der Waals surface area contributed by atoms with Gasteiger partial charge in [-0.15, -0.1) is 0 Å². The number of nitrogens with zero attached hydrogens (tertiary/aromatic N) is 4. The Bertz CT molecular complexity index is 589. The molecule has 1 aliphatic heterocycles.